The van der Waals surface area contributed by atoms with Gasteiger partial charge in [-0.25, -0.2) is 4.98 Å². The fraction of sp³-hybridized carbons (Fsp3) is 0.316. The zero-order valence-corrected chi connectivity index (χ0v) is 14.9. The van der Waals surface area contributed by atoms with Crippen LogP contribution in [0.15, 0.2) is 39.8 Å². The lowest BCUT2D eigenvalue weighted by atomic mass is 10.1. The molecule has 3 rings (SSSR count). The van der Waals surface area contributed by atoms with Crippen molar-refractivity contribution in [3.05, 3.63) is 57.8 Å². The molecule has 0 aliphatic heterocycles. The highest BCUT2D eigenvalue weighted by Gasteiger charge is 2.27. The molecule has 0 atom stereocenters. The number of anilines is 1. The summed E-state index contributed by atoms with van der Waals surface area (Å²) in [7, 11) is 1.61. The molecule has 1 aromatic carbocycles. The molecule has 0 N–H and O–H groups in total. The molecular weight excluding hydrogens is 318 g/mol. The number of carbonyl (C=O) groups is 1. The van der Waals surface area contributed by atoms with Gasteiger partial charge >= 0.3 is 0 Å². The Balaban J connectivity index is 2.20. The van der Waals surface area contributed by atoms with Crippen molar-refractivity contribution in [1.82, 2.24) is 9.55 Å². The van der Waals surface area contributed by atoms with E-state index in [1.807, 2.05) is 31.2 Å². The van der Waals surface area contributed by atoms with Gasteiger partial charge in [0.1, 0.15) is 17.5 Å². The highest BCUT2D eigenvalue weighted by molar-refractivity contribution is 6.14. The highest BCUT2D eigenvalue weighted by atomic mass is 16.3. The maximum Gasteiger partial charge on any atom is 0.265 e. The van der Waals surface area contributed by atoms with Gasteiger partial charge in [-0.1, -0.05) is 25.1 Å². The third kappa shape index (κ3) is 2.73. The summed E-state index contributed by atoms with van der Waals surface area (Å²) < 4.78 is 6.92. The Bertz CT molecular complexity index is 1000. The molecule has 6 nitrogen and oxygen atoms in total. The first kappa shape index (κ1) is 17.0. The second-order valence-corrected chi connectivity index (χ2v) is 5.91. The Hall–Kier alpha value is -2.89. The van der Waals surface area contributed by atoms with Crippen LogP contribution < -0.4 is 10.5 Å². The SMILES string of the molecule is CCc1ccccc1N(CC)C(=O)c1c(C)oc2ncn(C)c(=O)c12. The zero-order valence-electron chi connectivity index (χ0n) is 14.9. The van der Waals surface area contributed by atoms with Gasteiger partial charge in [0.15, 0.2) is 0 Å². The lowest BCUT2D eigenvalue weighted by Gasteiger charge is -2.23. The Morgan fingerprint density at radius 1 is 1.28 bits per heavy atom. The number of benzene rings is 1. The number of hydrogen-bond acceptors (Lipinski definition) is 4. The molecule has 0 unspecified atom stereocenters. The third-order valence-electron chi connectivity index (χ3n) is 4.39. The fourth-order valence-electron chi connectivity index (χ4n) is 3.08. The number of furan rings is 1. The van der Waals surface area contributed by atoms with Crippen LogP contribution in [0.2, 0.25) is 0 Å². The van der Waals surface area contributed by atoms with Crippen LogP contribution >= 0.6 is 0 Å². The van der Waals surface area contributed by atoms with E-state index in [2.05, 4.69) is 11.9 Å². The second-order valence-electron chi connectivity index (χ2n) is 5.91. The van der Waals surface area contributed by atoms with Crippen LogP contribution in [0.5, 0.6) is 0 Å². The van der Waals surface area contributed by atoms with Crippen molar-refractivity contribution in [2.45, 2.75) is 27.2 Å². The summed E-state index contributed by atoms with van der Waals surface area (Å²) in [6.45, 7) is 6.14. The Morgan fingerprint density at radius 3 is 2.68 bits per heavy atom. The van der Waals surface area contributed by atoms with E-state index in [9.17, 15) is 9.59 Å². The minimum absolute atomic E-state index is 0.198. The van der Waals surface area contributed by atoms with Crippen molar-refractivity contribution < 1.29 is 9.21 Å². The minimum atomic E-state index is -0.287. The molecule has 0 radical (unpaired) electrons. The van der Waals surface area contributed by atoms with E-state index in [1.165, 1.54) is 10.9 Å². The molecule has 0 saturated carbocycles. The van der Waals surface area contributed by atoms with Gasteiger partial charge in [0.2, 0.25) is 5.71 Å². The molecule has 1 amide bonds. The molecule has 0 aliphatic carbocycles. The predicted octanol–water partition coefficient (Wildman–Crippen LogP) is 3.06. The van der Waals surface area contributed by atoms with Crippen molar-refractivity contribution in [2.24, 2.45) is 7.05 Å². The molecule has 0 fully saturated rings. The molecule has 0 bridgehead atoms. The maximum absolute atomic E-state index is 13.3. The highest BCUT2D eigenvalue weighted by Crippen LogP contribution is 2.27. The number of nitrogens with zero attached hydrogens (tertiary/aromatic N) is 3. The molecule has 3 aromatic rings. The zero-order chi connectivity index (χ0) is 18.1. The molecule has 0 spiro atoms. The fourth-order valence-corrected chi connectivity index (χ4v) is 3.08. The van der Waals surface area contributed by atoms with E-state index >= 15 is 0 Å². The number of carbonyl (C=O) groups excluding carboxylic acids is 1. The number of aromatic nitrogens is 2. The molecule has 130 valence electrons. The van der Waals surface area contributed by atoms with E-state index in [4.69, 9.17) is 4.42 Å². The first-order chi connectivity index (χ1) is 12.0. The van der Waals surface area contributed by atoms with Crippen LogP contribution in [0.3, 0.4) is 0 Å². The van der Waals surface area contributed by atoms with E-state index in [0.717, 1.165) is 17.7 Å². The van der Waals surface area contributed by atoms with Crippen LogP contribution in [0.4, 0.5) is 5.69 Å². The number of hydrogen-bond donors (Lipinski definition) is 0. The number of fused-ring (bicyclic) bond motifs is 1. The maximum atomic E-state index is 13.3. The second kappa shape index (κ2) is 6.55. The number of aryl methyl sites for hydroxylation is 3. The van der Waals surface area contributed by atoms with E-state index in [0.29, 0.717) is 12.3 Å². The molecule has 25 heavy (non-hydrogen) atoms. The van der Waals surface area contributed by atoms with Gasteiger partial charge in [-0.05, 0) is 31.9 Å². The van der Waals surface area contributed by atoms with Crippen LogP contribution in [0, 0.1) is 6.92 Å². The minimum Gasteiger partial charge on any atom is -0.442 e. The molecular formula is C19H21N3O3. The normalized spacial score (nSPS) is 11.0. The van der Waals surface area contributed by atoms with Crippen LogP contribution in [-0.4, -0.2) is 22.0 Å². The van der Waals surface area contributed by atoms with E-state index in [-0.39, 0.29) is 28.1 Å². The van der Waals surface area contributed by atoms with Crippen molar-refractivity contribution in [3.63, 3.8) is 0 Å². The number of amides is 1. The van der Waals surface area contributed by atoms with E-state index < -0.39 is 0 Å². The summed E-state index contributed by atoms with van der Waals surface area (Å²) in [5, 5.41) is 0.236. The number of rotatable bonds is 4. The smallest absolute Gasteiger partial charge is 0.265 e. The Labute approximate surface area is 145 Å². The van der Waals surface area contributed by atoms with Crippen LogP contribution in [-0.2, 0) is 13.5 Å². The summed E-state index contributed by atoms with van der Waals surface area (Å²) in [4.78, 5) is 31.6. The number of para-hydroxylation sites is 1. The van der Waals surface area contributed by atoms with Crippen molar-refractivity contribution in [3.8, 4) is 0 Å². The summed E-state index contributed by atoms with van der Waals surface area (Å²) in [6.07, 6.45) is 2.21. The standard InChI is InChI=1S/C19H21N3O3/c1-5-13-9-7-8-10-14(13)22(6-2)19(24)15-12(3)25-17-16(15)18(23)21(4)11-20-17/h7-11H,5-6H2,1-4H3. The van der Waals surface area contributed by atoms with Gasteiger partial charge in [-0.3, -0.25) is 9.59 Å². The Morgan fingerprint density at radius 2 is 2.00 bits per heavy atom. The molecule has 0 saturated heterocycles. The van der Waals surface area contributed by atoms with Crippen molar-refractivity contribution in [2.75, 3.05) is 11.4 Å². The molecule has 2 aromatic heterocycles. The summed E-state index contributed by atoms with van der Waals surface area (Å²) >= 11 is 0. The molecule has 2 heterocycles. The molecule has 6 heteroatoms. The first-order valence-electron chi connectivity index (χ1n) is 8.34. The lowest BCUT2D eigenvalue weighted by molar-refractivity contribution is 0.0988. The van der Waals surface area contributed by atoms with Gasteiger partial charge in [0, 0.05) is 19.3 Å². The van der Waals surface area contributed by atoms with Gasteiger partial charge in [-0.2, -0.15) is 0 Å². The van der Waals surface area contributed by atoms with Crippen molar-refractivity contribution in [1.29, 1.82) is 0 Å². The Kier molecular flexibility index (Phi) is 4.44. The van der Waals surface area contributed by atoms with Crippen LogP contribution in [0.25, 0.3) is 11.1 Å². The largest absolute Gasteiger partial charge is 0.442 e. The quantitative estimate of drug-likeness (QED) is 0.732. The lowest BCUT2D eigenvalue weighted by Crippen LogP contribution is -2.32. The third-order valence-corrected chi connectivity index (χ3v) is 4.39. The van der Waals surface area contributed by atoms with Gasteiger partial charge in [-0.15, -0.1) is 0 Å². The van der Waals surface area contributed by atoms with Gasteiger partial charge < -0.3 is 13.9 Å². The van der Waals surface area contributed by atoms with Crippen LogP contribution in [0.1, 0.15) is 35.5 Å². The van der Waals surface area contributed by atoms with Gasteiger partial charge in [0.25, 0.3) is 11.5 Å². The predicted molar refractivity (Wildman–Crippen MR) is 97.2 cm³/mol. The van der Waals surface area contributed by atoms with Gasteiger partial charge in [0.05, 0.1) is 5.56 Å². The molecule has 0 aliphatic rings. The van der Waals surface area contributed by atoms with E-state index in [1.54, 1.807) is 18.9 Å². The summed E-state index contributed by atoms with van der Waals surface area (Å²) in [5.41, 5.74) is 2.13. The average molecular weight is 339 g/mol. The summed E-state index contributed by atoms with van der Waals surface area (Å²) in [6, 6.07) is 7.80. The monoisotopic (exact) mass is 339 g/mol. The van der Waals surface area contributed by atoms with Crippen molar-refractivity contribution >= 4 is 22.7 Å². The summed E-state index contributed by atoms with van der Waals surface area (Å²) in [5.74, 6) is 0.160. The topological polar surface area (TPSA) is 68.3 Å². The first-order valence-corrected chi connectivity index (χ1v) is 8.34. The average Bonchev–Trinajstić information content (AvgIpc) is 2.96.